The van der Waals surface area contributed by atoms with Crippen LogP contribution in [-0.4, -0.2) is 45.0 Å². The molecule has 0 spiro atoms. The molecular formula is C44H42O10. The Morgan fingerprint density at radius 3 is 2.17 bits per heavy atom. The van der Waals surface area contributed by atoms with Crippen molar-refractivity contribution in [3.63, 3.8) is 0 Å². The summed E-state index contributed by atoms with van der Waals surface area (Å²) in [5, 5.41) is 56.1. The molecule has 0 unspecified atom stereocenters. The minimum absolute atomic E-state index is 0.0273. The Labute approximate surface area is 312 Å². The Morgan fingerprint density at radius 1 is 0.815 bits per heavy atom. The predicted octanol–water partition coefficient (Wildman–Crippen LogP) is 9.53. The topological polar surface area (TPSA) is 159 Å². The molecule has 3 heterocycles. The van der Waals surface area contributed by atoms with Crippen molar-refractivity contribution in [1.29, 1.82) is 0 Å². The highest BCUT2D eigenvalue weighted by Crippen LogP contribution is 2.57. The van der Waals surface area contributed by atoms with E-state index in [-0.39, 0.29) is 81.6 Å². The van der Waals surface area contributed by atoms with Crippen molar-refractivity contribution in [3.8, 4) is 57.3 Å². The molecule has 5 N–H and O–H groups in total. The van der Waals surface area contributed by atoms with Crippen molar-refractivity contribution in [2.75, 3.05) is 13.7 Å². The Bertz CT molecular complexity index is 2450. The number of fused-ring (bicyclic) bond motifs is 6. The van der Waals surface area contributed by atoms with Crippen molar-refractivity contribution in [2.45, 2.75) is 59.5 Å². The van der Waals surface area contributed by atoms with E-state index in [0.29, 0.717) is 45.1 Å². The van der Waals surface area contributed by atoms with Gasteiger partial charge in [-0.05, 0) is 89.4 Å². The smallest absolute Gasteiger partial charge is 0.201 e. The molecule has 2 aliphatic heterocycles. The first kappa shape index (κ1) is 36.1. The molecule has 0 fully saturated rings. The first-order valence-corrected chi connectivity index (χ1v) is 17.6. The van der Waals surface area contributed by atoms with Crippen LogP contribution in [0.2, 0.25) is 0 Å². The fraction of sp³-hybridized carbons (Fsp3) is 0.250. The van der Waals surface area contributed by atoms with Gasteiger partial charge in [-0.3, -0.25) is 4.79 Å². The molecule has 54 heavy (non-hydrogen) atoms. The van der Waals surface area contributed by atoms with Gasteiger partial charge in [0.1, 0.15) is 51.9 Å². The van der Waals surface area contributed by atoms with E-state index in [1.807, 2.05) is 39.8 Å². The molecule has 0 radical (unpaired) electrons. The number of allylic oxidation sites excluding steroid dienone is 5. The van der Waals surface area contributed by atoms with Crippen molar-refractivity contribution >= 4 is 22.3 Å². The number of furan rings is 1. The first-order valence-electron chi connectivity index (χ1n) is 17.6. The van der Waals surface area contributed by atoms with E-state index in [2.05, 4.69) is 6.58 Å². The monoisotopic (exact) mass is 730 g/mol. The highest BCUT2D eigenvalue weighted by atomic mass is 16.5. The third kappa shape index (κ3) is 5.88. The summed E-state index contributed by atoms with van der Waals surface area (Å²) in [6.45, 7) is 13.6. The number of aromatic hydroxyl groups is 5. The SMILES string of the molecule is C=C(C)c1c(O)ccc2c1OC[C@H]1c3cc(C(=O)c4c(-c5ccc(OC)cc5O)oc5c(CC=C(C)C)c(O)c(O)cc45)c(O)c(CC=C(C)C)c3O[C@@H]21. The third-order valence-electron chi connectivity index (χ3n) is 10.1. The maximum absolute atomic E-state index is 15.1. The van der Waals surface area contributed by atoms with Crippen LogP contribution in [0, 0.1) is 0 Å². The van der Waals surface area contributed by atoms with Gasteiger partial charge in [0.15, 0.2) is 11.5 Å². The number of hydrogen-bond donors (Lipinski definition) is 5. The van der Waals surface area contributed by atoms with E-state index in [1.165, 1.54) is 19.2 Å². The molecule has 0 aliphatic carbocycles. The Hall–Kier alpha value is -6.29. The van der Waals surface area contributed by atoms with Gasteiger partial charge in [0.2, 0.25) is 5.78 Å². The number of methoxy groups -OCH3 is 1. The Kier molecular flexibility index (Phi) is 9.09. The molecule has 0 saturated carbocycles. The van der Waals surface area contributed by atoms with Crippen LogP contribution in [0.15, 0.2) is 76.8 Å². The standard InChI is InChI=1S/C44H42O10/c1-20(2)8-11-25-37(48)30(17-28-31-19-52-43-27(42(31)53-40(25)28)14-15-32(45)35(43)22(5)6)39(50)36-29-18-34(47)38(49)26(12-9-21(3)4)41(29)54-44(36)24-13-10-23(51-7)16-33(24)46/h8-10,13-18,31,42,45-49H,5,11-12,19H2,1-4,6-7H3/t31-,42-/m0/s1. The van der Waals surface area contributed by atoms with Crippen LogP contribution in [0.5, 0.6) is 46.0 Å². The highest BCUT2D eigenvalue weighted by Gasteiger charge is 2.44. The van der Waals surface area contributed by atoms with Crippen LogP contribution in [0.1, 0.15) is 90.4 Å². The Morgan fingerprint density at radius 2 is 1.52 bits per heavy atom. The van der Waals surface area contributed by atoms with Crippen molar-refractivity contribution < 1.29 is 49.0 Å². The number of carbonyl (C=O) groups excluding carboxylic acids is 1. The molecule has 10 nitrogen and oxygen atoms in total. The lowest BCUT2D eigenvalue weighted by molar-refractivity contribution is 0.103. The van der Waals surface area contributed by atoms with E-state index < -0.39 is 23.4 Å². The lowest BCUT2D eigenvalue weighted by Gasteiger charge is -2.29. The van der Waals surface area contributed by atoms with Crippen LogP contribution in [0.4, 0.5) is 0 Å². The minimum atomic E-state index is -0.647. The maximum atomic E-state index is 15.1. The predicted molar refractivity (Wildman–Crippen MR) is 205 cm³/mol. The summed E-state index contributed by atoms with van der Waals surface area (Å²) in [4.78, 5) is 15.1. The molecule has 278 valence electrons. The molecule has 4 aromatic carbocycles. The molecule has 7 rings (SSSR count). The highest BCUT2D eigenvalue weighted by molar-refractivity contribution is 6.21. The third-order valence-corrected chi connectivity index (χ3v) is 10.1. The maximum Gasteiger partial charge on any atom is 0.201 e. The van der Waals surface area contributed by atoms with E-state index in [1.54, 1.807) is 37.3 Å². The number of benzene rings is 4. The molecular weight excluding hydrogens is 688 g/mol. The summed E-state index contributed by atoms with van der Waals surface area (Å²) < 4.78 is 24.6. The summed E-state index contributed by atoms with van der Waals surface area (Å²) in [7, 11) is 1.46. The molecule has 5 aromatic rings. The molecule has 0 saturated heterocycles. The number of carbonyl (C=O) groups is 1. The van der Waals surface area contributed by atoms with Gasteiger partial charge in [-0.15, -0.1) is 0 Å². The summed E-state index contributed by atoms with van der Waals surface area (Å²) in [6, 6.07) is 10.7. The largest absolute Gasteiger partial charge is 0.507 e. The van der Waals surface area contributed by atoms with Crippen LogP contribution >= 0.6 is 0 Å². The van der Waals surface area contributed by atoms with Crippen LogP contribution in [0.3, 0.4) is 0 Å². The van der Waals surface area contributed by atoms with E-state index >= 15 is 4.79 Å². The quantitative estimate of drug-likeness (QED) is 0.0562. The molecule has 10 heteroatoms. The van der Waals surface area contributed by atoms with Crippen molar-refractivity contribution in [1.82, 2.24) is 0 Å². The van der Waals surface area contributed by atoms with Crippen LogP contribution in [-0.2, 0) is 12.8 Å². The van der Waals surface area contributed by atoms with Gasteiger partial charge < -0.3 is 44.2 Å². The minimum Gasteiger partial charge on any atom is -0.507 e. The van der Waals surface area contributed by atoms with Gasteiger partial charge >= 0.3 is 0 Å². The van der Waals surface area contributed by atoms with Gasteiger partial charge in [0.25, 0.3) is 0 Å². The second-order valence-corrected chi connectivity index (χ2v) is 14.4. The second kappa shape index (κ2) is 13.6. The summed E-state index contributed by atoms with van der Waals surface area (Å²) in [6.07, 6.45) is 3.67. The zero-order chi connectivity index (χ0) is 38.7. The summed E-state index contributed by atoms with van der Waals surface area (Å²) in [5.41, 5.74) is 5.28. The van der Waals surface area contributed by atoms with Gasteiger partial charge in [0, 0.05) is 33.7 Å². The number of hydrogen-bond acceptors (Lipinski definition) is 10. The van der Waals surface area contributed by atoms with Gasteiger partial charge in [-0.2, -0.15) is 0 Å². The fourth-order valence-electron chi connectivity index (χ4n) is 7.35. The number of rotatable bonds is 9. The normalized spacial score (nSPS) is 15.4. The molecule has 2 aliphatic rings. The molecule has 0 bridgehead atoms. The molecule has 1 aromatic heterocycles. The van der Waals surface area contributed by atoms with Gasteiger partial charge in [-0.1, -0.05) is 29.9 Å². The average Bonchev–Trinajstić information content (AvgIpc) is 3.68. The Balaban J connectivity index is 1.47. The summed E-state index contributed by atoms with van der Waals surface area (Å²) in [5.74, 6) is -1.12. The fourth-order valence-corrected chi connectivity index (χ4v) is 7.35. The lowest BCUT2D eigenvalue weighted by atomic mass is 9.84. The molecule has 0 amide bonds. The lowest BCUT2D eigenvalue weighted by Crippen LogP contribution is -2.24. The van der Waals surface area contributed by atoms with Crippen LogP contribution < -0.4 is 14.2 Å². The van der Waals surface area contributed by atoms with Crippen molar-refractivity contribution in [3.05, 3.63) is 111 Å². The zero-order valence-corrected chi connectivity index (χ0v) is 31.0. The van der Waals surface area contributed by atoms with E-state index in [9.17, 15) is 25.5 Å². The molecule has 2 atom stereocenters. The number of phenolic OH excluding ortho intramolecular Hbond substituents is 5. The zero-order valence-electron chi connectivity index (χ0n) is 31.0. The number of phenols is 5. The number of ketones is 1. The first-order chi connectivity index (χ1) is 25.7. The van der Waals surface area contributed by atoms with E-state index in [0.717, 1.165) is 11.1 Å². The van der Waals surface area contributed by atoms with E-state index in [4.69, 9.17) is 18.6 Å². The second-order valence-electron chi connectivity index (χ2n) is 14.4. The summed E-state index contributed by atoms with van der Waals surface area (Å²) >= 11 is 0. The van der Waals surface area contributed by atoms with Gasteiger partial charge in [-0.25, -0.2) is 0 Å². The average molecular weight is 731 g/mol. The van der Waals surface area contributed by atoms with Gasteiger partial charge in [0.05, 0.1) is 41.9 Å². The number of ether oxygens (including phenoxy) is 3. The van der Waals surface area contributed by atoms with Crippen molar-refractivity contribution in [2.24, 2.45) is 0 Å². The van der Waals surface area contributed by atoms with Crippen LogP contribution in [0.25, 0.3) is 27.9 Å².